The molecule has 30 heavy (non-hydrogen) atoms. The predicted molar refractivity (Wildman–Crippen MR) is 128 cm³/mol. The Labute approximate surface area is 193 Å². The number of Topliss-reactive ketones (excluding diaryl/α,β-unsaturated/α-hetero) is 1. The first-order valence-electron chi connectivity index (χ1n) is 10.3. The van der Waals surface area contributed by atoms with Crippen molar-refractivity contribution in [2.75, 3.05) is 13.2 Å². The monoisotopic (exact) mass is 492 g/mol. The molecule has 2 aromatic carbocycles. The Morgan fingerprint density at radius 1 is 1.30 bits per heavy atom. The van der Waals surface area contributed by atoms with Crippen LogP contribution in [0.1, 0.15) is 56.7 Å². The number of aliphatic hydroxyl groups is 1. The summed E-state index contributed by atoms with van der Waals surface area (Å²) >= 11 is 9.64. The van der Waals surface area contributed by atoms with Crippen LogP contribution in [0, 0.1) is 5.92 Å². The molecule has 0 spiro atoms. The normalized spacial score (nSPS) is 15.7. The number of carbonyl (C=O) groups is 1. The fraction of sp³-hybridized carbons (Fsp3) is 0.400. The summed E-state index contributed by atoms with van der Waals surface area (Å²) in [6, 6.07) is 11.7. The molecular formula is C25H30BrClO3. The molecule has 0 aliphatic carbocycles. The van der Waals surface area contributed by atoms with Crippen molar-refractivity contribution in [3.05, 3.63) is 68.7 Å². The quantitative estimate of drug-likeness (QED) is 0.464. The van der Waals surface area contributed by atoms with Crippen LogP contribution in [0.4, 0.5) is 0 Å². The van der Waals surface area contributed by atoms with E-state index in [0.717, 1.165) is 33.3 Å². The van der Waals surface area contributed by atoms with Gasteiger partial charge in [-0.15, -0.1) is 0 Å². The topological polar surface area (TPSA) is 46.5 Å². The maximum Gasteiger partial charge on any atom is 0.169 e. The summed E-state index contributed by atoms with van der Waals surface area (Å²) in [5, 5.41) is 8.54. The first kappa shape index (κ1) is 24.6. The van der Waals surface area contributed by atoms with E-state index in [9.17, 15) is 4.79 Å². The fourth-order valence-corrected chi connectivity index (χ4v) is 4.01. The highest BCUT2D eigenvalue weighted by Gasteiger charge is 2.29. The van der Waals surface area contributed by atoms with Crippen LogP contribution in [-0.4, -0.2) is 24.1 Å². The zero-order valence-corrected chi connectivity index (χ0v) is 20.4. The van der Waals surface area contributed by atoms with Crippen LogP contribution < -0.4 is 4.74 Å². The van der Waals surface area contributed by atoms with Crippen molar-refractivity contribution in [2.45, 2.75) is 46.5 Å². The third-order valence-electron chi connectivity index (χ3n) is 5.00. The van der Waals surface area contributed by atoms with E-state index in [2.05, 4.69) is 35.8 Å². The van der Waals surface area contributed by atoms with Crippen LogP contribution in [0.5, 0.6) is 5.75 Å². The molecule has 0 aromatic heterocycles. The van der Waals surface area contributed by atoms with Gasteiger partial charge in [-0.3, -0.25) is 4.79 Å². The summed E-state index contributed by atoms with van der Waals surface area (Å²) in [5.74, 6) is 1.08. The van der Waals surface area contributed by atoms with Gasteiger partial charge in [0.2, 0.25) is 0 Å². The minimum Gasteiger partial charge on any atom is -0.493 e. The van der Waals surface area contributed by atoms with Gasteiger partial charge in [-0.2, -0.15) is 0 Å². The zero-order chi connectivity index (χ0) is 22.3. The Morgan fingerprint density at radius 3 is 2.60 bits per heavy atom. The largest absolute Gasteiger partial charge is 0.493 e. The van der Waals surface area contributed by atoms with Crippen molar-refractivity contribution in [1.82, 2.24) is 0 Å². The van der Waals surface area contributed by atoms with Gasteiger partial charge >= 0.3 is 0 Å². The third kappa shape index (κ3) is 6.19. The number of ketones is 1. The summed E-state index contributed by atoms with van der Waals surface area (Å²) in [7, 11) is 0. The second kappa shape index (κ2) is 11.7. The van der Waals surface area contributed by atoms with Crippen LogP contribution in [-0.2, 0) is 11.2 Å². The Bertz CT molecular complexity index is 903. The van der Waals surface area contributed by atoms with Crippen molar-refractivity contribution >= 4 is 38.9 Å². The van der Waals surface area contributed by atoms with Gasteiger partial charge in [0.25, 0.3) is 0 Å². The zero-order valence-electron chi connectivity index (χ0n) is 18.0. The number of carbonyl (C=O) groups excluding carboxylic acids is 1. The van der Waals surface area contributed by atoms with E-state index < -0.39 is 0 Å². The molecule has 1 unspecified atom stereocenters. The predicted octanol–water partition coefficient (Wildman–Crippen LogP) is 6.84. The summed E-state index contributed by atoms with van der Waals surface area (Å²) in [4.78, 5) is 13.3. The molecular weight excluding hydrogens is 464 g/mol. The molecule has 0 saturated carbocycles. The molecule has 1 N–H and O–H groups in total. The Balaban J connectivity index is 0.000000735. The minimum atomic E-state index is -0.198. The summed E-state index contributed by atoms with van der Waals surface area (Å²) in [6.45, 7) is 8.86. The Hall–Kier alpha value is -1.62. The molecule has 5 heteroatoms. The van der Waals surface area contributed by atoms with Crippen molar-refractivity contribution in [2.24, 2.45) is 5.92 Å². The average molecular weight is 494 g/mol. The Kier molecular flexibility index (Phi) is 9.60. The van der Waals surface area contributed by atoms with Crippen LogP contribution in [0.25, 0.3) is 5.57 Å². The highest BCUT2D eigenvalue weighted by molar-refractivity contribution is 9.10. The SMILES string of the molecule is C/C=C(/C(=O)C1COc2ccc(Cl)cc2C1)c1ccc(Br)cc1C(C)C.CCCO. The number of fused-ring (bicyclic) bond motifs is 1. The summed E-state index contributed by atoms with van der Waals surface area (Å²) in [6.07, 6.45) is 3.45. The molecule has 162 valence electrons. The number of hydrogen-bond acceptors (Lipinski definition) is 3. The lowest BCUT2D eigenvalue weighted by Crippen LogP contribution is -2.29. The first-order chi connectivity index (χ1) is 14.3. The molecule has 1 heterocycles. The number of allylic oxidation sites excluding steroid dienone is 2. The van der Waals surface area contributed by atoms with Gasteiger partial charge in [-0.05, 0) is 72.7 Å². The molecule has 0 bridgehead atoms. The van der Waals surface area contributed by atoms with Crippen LogP contribution >= 0.6 is 27.5 Å². The van der Waals surface area contributed by atoms with Crippen molar-refractivity contribution in [3.8, 4) is 5.75 Å². The van der Waals surface area contributed by atoms with Crippen LogP contribution in [0.3, 0.4) is 0 Å². The molecule has 0 saturated heterocycles. The van der Waals surface area contributed by atoms with Crippen molar-refractivity contribution < 1.29 is 14.6 Å². The molecule has 0 fully saturated rings. The first-order valence-corrected chi connectivity index (χ1v) is 11.5. The third-order valence-corrected chi connectivity index (χ3v) is 5.73. The van der Waals surface area contributed by atoms with Crippen molar-refractivity contribution in [3.63, 3.8) is 0 Å². The lowest BCUT2D eigenvalue weighted by Gasteiger charge is -2.26. The van der Waals surface area contributed by atoms with Gasteiger partial charge in [-0.1, -0.05) is 60.4 Å². The molecule has 1 aliphatic rings. The number of ether oxygens (including phenoxy) is 1. The molecule has 3 rings (SSSR count). The lowest BCUT2D eigenvalue weighted by molar-refractivity contribution is -0.118. The van der Waals surface area contributed by atoms with E-state index in [-0.39, 0.29) is 11.7 Å². The second-order valence-corrected chi connectivity index (χ2v) is 8.99. The maximum absolute atomic E-state index is 13.3. The van der Waals surface area contributed by atoms with Gasteiger partial charge in [0.05, 0.1) is 12.5 Å². The van der Waals surface area contributed by atoms with Gasteiger partial charge in [-0.25, -0.2) is 0 Å². The van der Waals surface area contributed by atoms with Gasteiger partial charge in [0.15, 0.2) is 5.78 Å². The van der Waals surface area contributed by atoms with Gasteiger partial charge in [0, 0.05) is 21.7 Å². The molecule has 1 aliphatic heterocycles. The fourth-order valence-electron chi connectivity index (χ4n) is 3.44. The minimum absolute atomic E-state index is 0.127. The molecule has 0 radical (unpaired) electrons. The Morgan fingerprint density at radius 2 is 2.00 bits per heavy atom. The smallest absolute Gasteiger partial charge is 0.169 e. The van der Waals surface area contributed by atoms with E-state index in [1.165, 1.54) is 5.56 Å². The molecule has 3 nitrogen and oxygen atoms in total. The lowest BCUT2D eigenvalue weighted by atomic mass is 9.84. The van der Waals surface area contributed by atoms with E-state index in [1.54, 1.807) is 0 Å². The summed E-state index contributed by atoms with van der Waals surface area (Å²) in [5.41, 5.74) is 3.94. The highest BCUT2D eigenvalue weighted by Crippen LogP contribution is 2.35. The maximum atomic E-state index is 13.3. The van der Waals surface area contributed by atoms with Gasteiger partial charge < -0.3 is 9.84 Å². The molecule has 0 amide bonds. The molecule has 2 aromatic rings. The number of benzene rings is 2. The number of rotatable bonds is 5. The second-order valence-electron chi connectivity index (χ2n) is 7.64. The highest BCUT2D eigenvalue weighted by atomic mass is 79.9. The van der Waals surface area contributed by atoms with E-state index in [1.807, 2.05) is 50.3 Å². The molecule has 1 atom stereocenters. The van der Waals surface area contributed by atoms with E-state index in [4.69, 9.17) is 21.4 Å². The standard InChI is InChI=1S/C22H22BrClO2.C3H8O/c1-4-18(19-7-5-16(23)11-20(19)13(2)3)22(25)15-9-14-10-17(24)6-8-21(14)26-12-15;1-2-3-4/h4-8,10-11,13,15H,9,12H2,1-3H3;4H,2-3H2,1H3/b18-4+;. The van der Waals surface area contributed by atoms with E-state index >= 15 is 0 Å². The number of hydrogen-bond donors (Lipinski definition) is 1. The summed E-state index contributed by atoms with van der Waals surface area (Å²) < 4.78 is 6.85. The van der Waals surface area contributed by atoms with Crippen LogP contribution in [0.15, 0.2) is 46.9 Å². The average Bonchev–Trinajstić information content (AvgIpc) is 2.74. The van der Waals surface area contributed by atoms with Crippen molar-refractivity contribution in [1.29, 1.82) is 0 Å². The number of aliphatic hydroxyl groups excluding tert-OH is 1. The van der Waals surface area contributed by atoms with E-state index in [0.29, 0.717) is 30.6 Å². The van der Waals surface area contributed by atoms with Gasteiger partial charge in [0.1, 0.15) is 5.75 Å². The van der Waals surface area contributed by atoms with Crippen LogP contribution in [0.2, 0.25) is 5.02 Å². The number of halogens is 2.